The SMILES string of the molecule is CC(C)(C)OC(=O)c1ccc(OCCCCCCCCCC(=O)CC(CCC(=O)OCc2ccccc2)C(=O)OC(C)(C)C)cc1. The van der Waals surface area contributed by atoms with Crippen LogP contribution < -0.4 is 4.74 Å². The molecule has 8 nitrogen and oxygen atoms in total. The zero-order valence-corrected chi connectivity index (χ0v) is 28.7. The van der Waals surface area contributed by atoms with Crippen LogP contribution in [-0.2, 0) is 35.2 Å². The molecule has 1 unspecified atom stereocenters. The molecular weight excluding hydrogens is 584 g/mol. The number of Topliss-reactive ketones (excluding diaryl/α,β-unsaturated/α-hetero) is 1. The van der Waals surface area contributed by atoms with Gasteiger partial charge in [0.15, 0.2) is 0 Å². The van der Waals surface area contributed by atoms with Gasteiger partial charge in [-0.25, -0.2) is 4.79 Å². The first-order valence-electron chi connectivity index (χ1n) is 16.6. The van der Waals surface area contributed by atoms with Crippen LogP contribution in [0.1, 0.15) is 128 Å². The van der Waals surface area contributed by atoms with Crippen molar-refractivity contribution in [2.45, 2.75) is 130 Å². The fourth-order valence-electron chi connectivity index (χ4n) is 4.69. The molecule has 0 saturated carbocycles. The third kappa shape index (κ3) is 17.7. The molecule has 0 bridgehead atoms. The van der Waals surface area contributed by atoms with E-state index < -0.39 is 29.1 Å². The van der Waals surface area contributed by atoms with Crippen molar-refractivity contribution in [2.75, 3.05) is 6.61 Å². The summed E-state index contributed by atoms with van der Waals surface area (Å²) in [6.45, 7) is 11.7. The van der Waals surface area contributed by atoms with Gasteiger partial charge in [-0.15, -0.1) is 0 Å². The Bertz CT molecular complexity index is 1210. The second-order valence-electron chi connectivity index (χ2n) is 13.8. The summed E-state index contributed by atoms with van der Waals surface area (Å²) in [7, 11) is 0. The standard InChI is InChI=1S/C38H54O8/c1-37(2,3)45-35(41)30-20-23-33(24-21-30)43-26-16-11-9-7-8-10-15-19-32(39)27-31(36(42)46-38(4,5)6)22-25-34(40)44-28-29-17-13-12-14-18-29/h12-14,17-18,20-21,23-24,31H,7-11,15-16,19,22,25-28H2,1-6H3. The van der Waals surface area contributed by atoms with Crippen molar-refractivity contribution in [3.05, 3.63) is 65.7 Å². The Balaban J connectivity index is 1.60. The molecule has 0 aromatic heterocycles. The number of ether oxygens (including phenoxy) is 4. The Kier molecular flexibility index (Phi) is 16.5. The van der Waals surface area contributed by atoms with Crippen LogP contribution in [0.25, 0.3) is 0 Å². The quantitative estimate of drug-likeness (QED) is 0.0807. The molecule has 0 heterocycles. The lowest BCUT2D eigenvalue weighted by Crippen LogP contribution is -2.30. The summed E-state index contributed by atoms with van der Waals surface area (Å²) in [6, 6.07) is 16.4. The maximum atomic E-state index is 12.8. The predicted molar refractivity (Wildman–Crippen MR) is 178 cm³/mol. The van der Waals surface area contributed by atoms with Gasteiger partial charge in [-0.05, 0) is 90.6 Å². The van der Waals surface area contributed by atoms with Crippen molar-refractivity contribution in [3.63, 3.8) is 0 Å². The largest absolute Gasteiger partial charge is 0.494 e. The molecule has 0 amide bonds. The van der Waals surface area contributed by atoms with E-state index in [-0.39, 0.29) is 37.6 Å². The van der Waals surface area contributed by atoms with Gasteiger partial charge in [0.05, 0.1) is 18.1 Å². The molecule has 0 aliphatic carbocycles. The molecule has 1 atom stereocenters. The van der Waals surface area contributed by atoms with Crippen LogP contribution in [0.4, 0.5) is 0 Å². The van der Waals surface area contributed by atoms with Gasteiger partial charge in [-0.3, -0.25) is 14.4 Å². The fraction of sp³-hybridized carbons (Fsp3) is 0.579. The molecule has 0 spiro atoms. The summed E-state index contributed by atoms with van der Waals surface area (Å²) in [4.78, 5) is 50.0. The van der Waals surface area contributed by atoms with Crippen molar-refractivity contribution in [1.29, 1.82) is 0 Å². The van der Waals surface area contributed by atoms with Gasteiger partial charge < -0.3 is 18.9 Å². The normalized spacial score (nSPS) is 12.2. The van der Waals surface area contributed by atoms with Crippen LogP contribution in [0.5, 0.6) is 5.75 Å². The molecule has 8 heteroatoms. The zero-order valence-electron chi connectivity index (χ0n) is 28.7. The second kappa shape index (κ2) is 19.7. The highest BCUT2D eigenvalue weighted by atomic mass is 16.6. The smallest absolute Gasteiger partial charge is 0.338 e. The lowest BCUT2D eigenvalue weighted by atomic mass is 9.94. The van der Waals surface area contributed by atoms with E-state index in [1.165, 1.54) is 0 Å². The van der Waals surface area contributed by atoms with Crippen molar-refractivity contribution in [3.8, 4) is 5.75 Å². The number of unbranched alkanes of at least 4 members (excludes halogenated alkanes) is 6. The number of ketones is 1. The highest BCUT2D eigenvalue weighted by molar-refractivity contribution is 5.89. The summed E-state index contributed by atoms with van der Waals surface area (Å²) in [6.07, 6.45) is 7.71. The van der Waals surface area contributed by atoms with Gasteiger partial charge >= 0.3 is 17.9 Å². The van der Waals surface area contributed by atoms with E-state index in [9.17, 15) is 19.2 Å². The van der Waals surface area contributed by atoms with E-state index in [4.69, 9.17) is 18.9 Å². The van der Waals surface area contributed by atoms with Gasteiger partial charge in [0.1, 0.15) is 29.3 Å². The maximum absolute atomic E-state index is 12.8. The minimum atomic E-state index is -0.673. The van der Waals surface area contributed by atoms with Crippen LogP contribution in [-0.4, -0.2) is 41.5 Å². The number of hydrogen-bond acceptors (Lipinski definition) is 8. The van der Waals surface area contributed by atoms with E-state index in [1.807, 2.05) is 51.1 Å². The molecule has 0 fully saturated rings. The lowest BCUT2D eigenvalue weighted by Gasteiger charge is -2.23. The Hall–Kier alpha value is -3.68. The molecule has 46 heavy (non-hydrogen) atoms. The summed E-state index contributed by atoms with van der Waals surface area (Å²) in [5, 5.41) is 0. The van der Waals surface area contributed by atoms with Crippen molar-refractivity contribution >= 4 is 23.7 Å². The van der Waals surface area contributed by atoms with Crippen LogP contribution in [0, 0.1) is 5.92 Å². The highest BCUT2D eigenvalue weighted by Gasteiger charge is 2.28. The van der Waals surface area contributed by atoms with E-state index in [0.717, 1.165) is 56.3 Å². The van der Waals surface area contributed by atoms with Gasteiger partial charge in [0.2, 0.25) is 0 Å². The molecule has 0 aliphatic heterocycles. The van der Waals surface area contributed by atoms with Gasteiger partial charge in [-0.1, -0.05) is 62.4 Å². The molecular formula is C38H54O8. The summed E-state index contributed by atoms with van der Waals surface area (Å²) < 4.78 is 22.1. The molecule has 2 aromatic rings. The number of carbonyl (C=O) groups excluding carboxylic acids is 4. The molecule has 0 radical (unpaired) electrons. The predicted octanol–water partition coefficient (Wildman–Crippen LogP) is 8.58. The minimum absolute atomic E-state index is 0.0183. The summed E-state index contributed by atoms with van der Waals surface area (Å²) >= 11 is 0. The number of esters is 3. The van der Waals surface area contributed by atoms with Gasteiger partial charge in [0.25, 0.3) is 0 Å². The fourth-order valence-corrected chi connectivity index (χ4v) is 4.69. The van der Waals surface area contributed by atoms with Crippen LogP contribution in [0.2, 0.25) is 0 Å². The van der Waals surface area contributed by atoms with E-state index >= 15 is 0 Å². The first-order chi connectivity index (χ1) is 21.7. The minimum Gasteiger partial charge on any atom is -0.494 e. The molecule has 0 N–H and O–H groups in total. The maximum Gasteiger partial charge on any atom is 0.338 e. The second-order valence-corrected chi connectivity index (χ2v) is 13.8. The number of rotatable bonds is 20. The van der Waals surface area contributed by atoms with Crippen LogP contribution >= 0.6 is 0 Å². The van der Waals surface area contributed by atoms with Crippen LogP contribution in [0.15, 0.2) is 54.6 Å². The summed E-state index contributed by atoms with van der Waals surface area (Å²) in [5.74, 6) is -1.11. The molecule has 2 aromatic carbocycles. The van der Waals surface area contributed by atoms with Gasteiger partial charge in [-0.2, -0.15) is 0 Å². The Morgan fingerprint density at radius 3 is 1.87 bits per heavy atom. The Morgan fingerprint density at radius 2 is 1.26 bits per heavy atom. The highest BCUT2D eigenvalue weighted by Crippen LogP contribution is 2.21. The molecule has 254 valence electrons. The van der Waals surface area contributed by atoms with Crippen molar-refractivity contribution in [1.82, 2.24) is 0 Å². The monoisotopic (exact) mass is 638 g/mol. The van der Waals surface area contributed by atoms with E-state index in [0.29, 0.717) is 18.6 Å². The first-order valence-corrected chi connectivity index (χ1v) is 16.6. The molecule has 0 saturated heterocycles. The summed E-state index contributed by atoms with van der Waals surface area (Å²) in [5.41, 5.74) is 0.194. The van der Waals surface area contributed by atoms with Crippen molar-refractivity contribution < 1.29 is 38.1 Å². The molecule has 0 aliphatic rings. The lowest BCUT2D eigenvalue weighted by molar-refractivity contribution is -0.161. The van der Waals surface area contributed by atoms with Gasteiger partial charge in [0, 0.05) is 19.3 Å². The topological polar surface area (TPSA) is 105 Å². The zero-order chi connectivity index (χ0) is 34.0. The number of benzene rings is 2. The third-order valence-electron chi connectivity index (χ3n) is 7.01. The number of carbonyl (C=O) groups is 4. The van der Waals surface area contributed by atoms with Crippen molar-refractivity contribution in [2.24, 2.45) is 5.92 Å². The Labute approximate surface area is 275 Å². The average Bonchev–Trinajstić information content (AvgIpc) is 2.98. The average molecular weight is 639 g/mol. The first kappa shape index (κ1) is 38.5. The van der Waals surface area contributed by atoms with E-state index in [2.05, 4.69) is 0 Å². The molecule has 2 rings (SSSR count). The van der Waals surface area contributed by atoms with E-state index in [1.54, 1.807) is 45.0 Å². The third-order valence-corrected chi connectivity index (χ3v) is 7.01. The number of hydrogen-bond donors (Lipinski definition) is 0. The van der Waals surface area contributed by atoms with Crippen LogP contribution in [0.3, 0.4) is 0 Å². The Morgan fingerprint density at radius 1 is 0.674 bits per heavy atom.